The molecule has 1 aliphatic rings. The Morgan fingerprint density at radius 1 is 0.750 bits per heavy atom. The lowest BCUT2D eigenvalue weighted by Crippen LogP contribution is -2.39. The first kappa shape index (κ1) is 32.2. The molecule has 1 fully saturated rings. The molecule has 2 amide bonds. The van der Waals surface area contributed by atoms with Gasteiger partial charge in [0.15, 0.2) is 0 Å². The molecule has 1 heterocycles. The fourth-order valence-corrected chi connectivity index (χ4v) is 6.81. The maximum Gasteiger partial charge on any atom is 0.239 e. The highest BCUT2D eigenvalue weighted by Gasteiger charge is 2.35. The van der Waals surface area contributed by atoms with Crippen LogP contribution in [0.25, 0.3) is 11.1 Å². The second kappa shape index (κ2) is 19.7. The Morgan fingerprint density at radius 3 is 1.88 bits per heavy atom. The van der Waals surface area contributed by atoms with Crippen LogP contribution in [-0.4, -0.2) is 35.6 Å². The van der Waals surface area contributed by atoms with E-state index in [1.807, 2.05) is 30.3 Å². The molecule has 1 aliphatic heterocycles. The number of amides is 2. The van der Waals surface area contributed by atoms with Gasteiger partial charge in [0.2, 0.25) is 11.8 Å². The molecule has 0 aromatic heterocycles. The predicted molar refractivity (Wildman–Crippen MR) is 171 cm³/mol. The Morgan fingerprint density at radius 2 is 1.27 bits per heavy atom. The Hall–Kier alpha value is -2.27. The van der Waals surface area contributed by atoms with E-state index in [2.05, 4.69) is 36.5 Å². The average Bonchev–Trinajstić information content (AvgIpc) is 3.34. The van der Waals surface area contributed by atoms with Gasteiger partial charge in [-0.05, 0) is 23.1 Å². The summed E-state index contributed by atoms with van der Waals surface area (Å²) >= 11 is 1.61. The highest BCUT2D eigenvalue weighted by Crippen LogP contribution is 2.42. The average molecular weight is 565 g/mol. The maximum atomic E-state index is 12.7. The number of nitrogens with zero attached hydrogens (tertiary/aromatic N) is 1. The first-order chi connectivity index (χ1) is 19.7. The first-order valence-electron chi connectivity index (χ1n) is 16.0. The van der Waals surface area contributed by atoms with Crippen LogP contribution < -0.4 is 5.32 Å². The fraction of sp³-hybridized carbons (Fsp3) is 0.600. The second-order valence-corrected chi connectivity index (χ2v) is 12.4. The molecule has 0 bridgehead atoms. The zero-order valence-electron chi connectivity index (χ0n) is 24.9. The molecule has 2 aromatic rings. The number of rotatable bonds is 21. The number of thioether (sulfide) groups is 1. The van der Waals surface area contributed by atoms with Gasteiger partial charge < -0.3 is 10.2 Å². The molecule has 5 heteroatoms. The van der Waals surface area contributed by atoms with Gasteiger partial charge in [0, 0.05) is 6.54 Å². The van der Waals surface area contributed by atoms with E-state index in [0.717, 1.165) is 29.5 Å². The minimum absolute atomic E-state index is 0.0374. The molecular formula is C35H52N2O2S. The van der Waals surface area contributed by atoms with E-state index < -0.39 is 0 Å². The van der Waals surface area contributed by atoms with Crippen LogP contribution in [0.15, 0.2) is 54.6 Å². The molecule has 0 aliphatic carbocycles. The smallest absolute Gasteiger partial charge is 0.239 e. The van der Waals surface area contributed by atoms with Crippen molar-refractivity contribution in [3.8, 4) is 11.1 Å². The molecule has 0 saturated carbocycles. The molecule has 1 atom stereocenters. The summed E-state index contributed by atoms with van der Waals surface area (Å²) in [4.78, 5) is 27.2. The number of benzene rings is 2. The Kier molecular flexibility index (Phi) is 15.9. The molecule has 220 valence electrons. The van der Waals surface area contributed by atoms with Crippen molar-refractivity contribution in [3.05, 3.63) is 60.2 Å². The van der Waals surface area contributed by atoms with Crippen molar-refractivity contribution in [2.75, 3.05) is 18.8 Å². The van der Waals surface area contributed by atoms with Gasteiger partial charge in [-0.2, -0.15) is 0 Å². The molecule has 0 spiro atoms. The first-order valence-corrected chi connectivity index (χ1v) is 17.1. The van der Waals surface area contributed by atoms with Gasteiger partial charge in [0.05, 0.1) is 5.75 Å². The maximum absolute atomic E-state index is 12.7. The van der Waals surface area contributed by atoms with Crippen molar-refractivity contribution in [3.63, 3.8) is 0 Å². The number of hydrogen-bond acceptors (Lipinski definition) is 3. The molecule has 3 rings (SSSR count). The Balaban J connectivity index is 1.24. The summed E-state index contributed by atoms with van der Waals surface area (Å²) in [5, 5.41) is 2.92. The van der Waals surface area contributed by atoms with Gasteiger partial charge >= 0.3 is 0 Å². The molecule has 4 nitrogen and oxygen atoms in total. The third-order valence-corrected chi connectivity index (χ3v) is 9.18. The number of hydrogen-bond donors (Lipinski definition) is 1. The van der Waals surface area contributed by atoms with Crippen LogP contribution in [0.3, 0.4) is 0 Å². The SMILES string of the molecule is CCCCCCCCCCCCCCCCCCNC(=O)CN1C(=O)CSC1c1ccccc1-c1ccccc1. The second-order valence-electron chi connectivity index (χ2n) is 11.3. The molecule has 1 unspecified atom stereocenters. The van der Waals surface area contributed by atoms with Crippen molar-refractivity contribution >= 4 is 23.6 Å². The van der Waals surface area contributed by atoms with E-state index in [1.54, 1.807) is 16.7 Å². The molecule has 1 N–H and O–H groups in total. The zero-order chi connectivity index (χ0) is 28.3. The van der Waals surface area contributed by atoms with Crippen molar-refractivity contribution in [1.82, 2.24) is 10.2 Å². The monoisotopic (exact) mass is 564 g/mol. The van der Waals surface area contributed by atoms with Crippen molar-refractivity contribution in [2.24, 2.45) is 0 Å². The Labute approximate surface area is 248 Å². The van der Waals surface area contributed by atoms with Crippen LogP contribution in [0.4, 0.5) is 0 Å². The number of nitrogens with one attached hydrogen (secondary N) is 1. The number of carbonyl (C=O) groups is 2. The van der Waals surface area contributed by atoms with Crippen LogP contribution in [0.1, 0.15) is 121 Å². The fourth-order valence-electron chi connectivity index (χ4n) is 5.59. The van der Waals surface area contributed by atoms with Crippen molar-refractivity contribution in [1.29, 1.82) is 0 Å². The topological polar surface area (TPSA) is 49.4 Å². The summed E-state index contributed by atoms with van der Waals surface area (Å²) < 4.78 is 0. The van der Waals surface area contributed by atoms with Gasteiger partial charge in [0.1, 0.15) is 11.9 Å². The lowest BCUT2D eigenvalue weighted by atomic mass is 9.99. The van der Waals surface area contributed by atoms with E-state index >= 15 is 0 Å². The molecule has 40 heavy (non-hydrogen) atoms. The summed E-state index contributed by atoms with van der Waals surface area (Å²) in [6.07, 6.45) is 21.5. The van der Waals surface area contributed by atoms with Gasteiger partial charge in [-0.15, -0.1) is 11.8 Å². The van der Waals surface area contributed by atoms with Gasteiger partial charge in [-0.25, -0.2) is 0 Å². The summed E-state index contributed by atoms with van der Waals surface area (Å²) in [7, 11) is 0. The summed E-state index contributed by atoms with van der Waals surface area (Å²) in [6.45, 7) is 3.10. The van der Waals surface area contributed by atoms with Crippen LogP contribution in [0.5, 0.6) is 0 Å². The number of unbranched alkanes of at least 4 members (excludes halogenated alkanes) is 15. The third kappa shape index (κ3) is 11.7. The van der Waals surface area contributed by atoms with E-state index in [0.29, 0.717) is 12.3 Å². The minimum Gasteiger partial charge on any atom is -0.355 e. The highest BCUT2D eigenvalue weighted by atomic mass is 32.2. The minimum atomic E-state index is -0.134. The van der Waals surface area contributed by atoms with Crippen LogP contribution in [0, 0.1) is 0 Å². The van der Waals surface area contributed by atoms with Crippen molar-refractivity contribution < 1.29 is 9.59 Å². The third-order valence-electron chi connectivity index (χ3n) is 7.95. The standard InChI is InChI=1S/C35H52N2O2S/c1-2-3-4-5-6-7-8-9-10-11-12-13-14-15-16-22-27-36-33(38)28-37-34(39)29-40-35(37)32-26-21-20-25-31(32)30-23-18-17-19-24-30/h17-21,23-26,35H,2-16,22,27-29H2,1H3,(H,36,38). The lowest BCUT2D eigenvalue weighted by Gasteiger charge is -2.25. The van der Waals surface area contributed by atoms with Gasteiger partial charge in [0.25, 0.3) is 0 Å². The number of carbonyl (C=O) groups excluding carboxylic acids is 2. The predicted octanol–water partition coefficient (Wildman–Crippen LogP) is 9.31. The molecule has 2 aromatic carbocycles. The molecule has 0 radical (unpaired) electrons. The van der Waals surface area contributed by atoms with Crippen LogP contribution >= 0.6 is 11.8 Å². The van der Waals surface area contributed by atoms with E-state index in [-0.39, 0.29) is 23.7 Å². The van der Waals surface area contributed by atoms with Crippen LogP contribution in [-0.2, 0) is 9.59 Å². The van der Waals surface area contributed by atoms with Gasteiger partial charge in [-0.3, -0.25) is 9.59 Å². The van der Waals surface area contributed by atoms with Gasteiger partial charge in [-0.1, -0.05) is 158 Å². The summed E-state index contributed by atoms with van der Waals surface area (Å²) in [5.41, 5.74) is 3.34. The lowest BCUT2D eigenvalue weighted by molar-refractivity contribution is -0.133. The molecular weight excluding hydrogens is 512 g/mol. The van der Waals surface area contributed by atoms with Crippen molar-refractivity contribution in [2.45, 2.75) is 115 Å². The zero-order valence-corrected chi connectivity index (χ0v) is 25.7. The largest absolute Gasteiger partial charge is 0.355 e. The van der Waals surface area contributed by atoms with Crippen LogP contribution in [0.2, 0.25) is 0 Å². The summed E-state index contributed by atoms with van der Waals surface area (Å²) in [6, 6.07) is 18.5. The Bertz CT molecular complexity index is 980. The van der Waals surface area contributed by atoms with E-state index in [9.17, 15) is 9.59 Å². The summed E-state index contributed by atoms with van der Waals surface area (Å²) in [5.74, 6) is 0.398. The molecule has 1 saturated heterocycles. The quantitative estimate of drug-likeness (QED) is 0.154. The van der Waals surface area contributed by atoms with E-state index in [4.69, 9.17) is 0 Å². The normalized spacial score (nSPS) is 15.1. The van der Waals surface area contributed by atoms with E-state index in [1.165, 1.54) is 89.9 Å². The highest BCUT2D eigenvalue weighted by molar-refractivity contribution is 8.00.